The van der Waals surface area contributed by atoms with Crippen LogP contribution < -0.4 is 4.74 Å². The quantitative estimate of drug-likeness (QED) is 0.304. The number of aromatic nitrogens is 4. The number of rotatable bonds is 10. The summed E-state index contributed by atoms with van der Waals surface area (Å²) in [7, 11) is 3.51. The number of aromatic carboxylic acids is 1. The summed E-state index contributed by atoms with van der Waals surface area (Å²) in [5.41, 5.74) is 3.66. The Labute approximate surface area is 237 Å². The summed E-state index contributed by atoms with van der Waals surface area (Å²) >= 11 is 0. The molecule has 1 aromatic carbocycles. The Morgan fingerprint density at radius 2 is 1.98 bits per heavy atom. The van der Waals surface area contributed by atoms with Crippen molar-refractivity contribution >= 4 is 17.0 Å². The number of carboxylic acids is 1. The number of nitrogens with zero attached hydrogens (tertiary/aromatic N) is 6. The van der Waals surface area contributed by atoms with Gasteiger partial charge in [0.15, 0.2) is 5.69 Å². The highest BCUT2D eigenvalue weighted by Crippen LogP contribution is 2.29. The van der Waals surface area contributed by atoms with E-state index in [1.807, 2.05) is 29.8 Å². The fourth-order valence-electron chi connectivity index (χ4n) is 5.13. The first-order valence-corrected chi connectivity index (χ1v) is 13.4. The van der Waals surface area contributed by atoms with Gasteiger partial charge in [-0.3, -0.25) is 4.90 Å². The van der Waals surface area contributed by atoms with Crippen molar-refractivity contribution < 1.29 is 23.8 Å². The van der Waals surface area contributed by atoms with Crippen LogP contribution in [0.25, 0.3) is 11.0 Å². The van der Waals surface area contributed by atoms with E-state index >= 15 is 0 Å². The van der Waals surface area contributed by atoms with E-state index < -0.39 is 11.8 Å². The number of hydrogen-bond donors (Lipinski definition) is 1. The number of fused-ring (bicyclic) bond motifs is 1. The zero-order chi connectivity index (χ0) is 28.9. The highest BCUT2D eigenvalue weighted by molar-refractivity contribution is 5.91. The predicted octanol–water partition coefficient (Wildman–Crippen LogP) is 4.22. The van der Waals surface area contributed by atoms with E-state index in [1.165, 1.54) is 6.07 Å². The van der Waals surface area contributed by atoms with Crippen molar-refractivity contribution in [2.75, 3.05) is 26.8 Å². The molecule has 0 amide bonds. The zero-order valence-electron chi connectivity index (χ0n) is 23.0. The van der Waals surface area contributed by atoms with E-state index in [2.05, 4.69) is 14.9 Å². The lowest BCUT2D eigenvalue weighted by molar-refractivity contribution is 0.0690. The van der Waals surface area contributed by atoms with Crippen molar-refractivity contribution in [3.05, 3.63) is 82.3 Å². The van der Waals surface area contributed by atoms with Crippen LogP contribution in [0.3, 0.4) is 0 Å². The maximum Gasteiger partial charge on any atom is 0.354 e. The normalized spacial score (nSPS) is 14.3. The van der Waals surface area contributed by atoms with Crippen LogP contribution in [0.5, 0.6) is 5.88 Å². The lowest BCUT2D eigenvalue weighted by atomic mass is 9.93. The molecule has 0 saturated carbocycles. The molecule has 0 unspecified atom stereocenters. The van der Waals surface area contributed by atoms with Crippen LogP contribution >= 0.6 is 0 Å². The van der Waals surface area contributed by atoms with Crippen LogP contribution in [0.15, 0.2) is 42.5 Å². The number of halogens is 1. The minimum absolute atomic E-state index is 0.000264. The number of carboxylic acid groups (broad SMARTS) is 1. The minimum Gasteiger partial charge on any atom is -0.477 e. The van der Waals surface area contributed by atoms with Gasteiger partial charge in [-0.05, 0) is 50.2 Å². The third-order valence-corrected chi connectivity index (χ3v) is 7.47. The fourth-order valence-corrected chi connectivity index (χ4v) is 5.13. The molecule has 1 aliphatic heterocycles. The first-order chi connectivity index (χ1) is 19.9. The molecule has 1 saturated heterocycles. The van der Waals surface area contributed by atoms with Crippen LogP contribution in [0.4, 0.5) is 4.39 Å². The smallest absolute Gasteiger partial charge is 0.354 e. The Kier molecular flexibility index (Phi) is 8.52. The first-order valence-electron chi connectivity index (χ1n) is 13.4. The molecule has 3 aromatic heterocycles. The number of ether oxygens (including phenoxy) is 2. The second-order valence-electron chi connectivity index (χ2n) is 10.1. The molecule has 4 heterocycles. The van der Waals surface area contributed by atoms with E-state index in [1.54, 1.807) is 31.4 Å². The number of nitriles is 1. The summed E-state index contributed by atoms with van der Waals surface area (Å²) in [4.78, 5) is 27.8. The van der Waals surface area contributed by atoms with Crippen LogP contribution in [0.2, 0.25) is 0 Å². The summed E-state index contributed by atoms with van der Waals surface area (Å²) in [5, 5.41) is 18.5. The highest BCUT2D eigenvalue weighted by atomic mass is 19.1. The number of piperidine rings is 1. The highest BCUT2D eigenvalue weighted by Gasteiger charge is 2.24. The maximum absolute atomic E-state index is 14.2. The van der Waals surface area contributed by atoms with Gasteiger partial charge in [0, 0.05) is 43.8 Å². The molecule has 11 heteroatoms. The van der Waals surface area contributed by atoms with E-state index in [0.717, 1.165) is 43.0 Å². The van der Waals surface area contributed by atoms with Gasteiger partial charge in [0.2, 0.25) is 5.88 Å². The Morgan fingerprint density at radius 3 is 2.68 bits per heavy atom. The van der Waals surface area contributed by atoms with Crippen molar-refractivity contribution in [3.63, 3.8) is 0 Å². The number of methoxy groups -OCH3 is 1. The third kappa shape index (κ3) is 6.34. The fraction of sp³-hybridized carbons (Fsp3) is 0.367. The molecule has 0 radical (unpaired) electrons. The molecular formula is C30H31FN6O4. The van der Waals surface area contributed by atoms with Crippen LogP contribution in [0, 0.1) is 17.1 Å². The summed E-state index contributed by atoms with van der Waals surface area (Å²) in [6.07, 6.45) is 2.30. The summed E-state index contributed by atoms with van der Waals surface area (Å²) < 4.78 is 27.1. The average molecular weight is 559 g/mol. The lowest BCUT2D eigenvalue weighted by Gasteiger charge is -2.31. The molecule has 212 valence electrons. The predicted molar refractivity (Wildman–Crippen MR) is 148 cm³/mol. The van der Waals surface area contributed by atoms with Crippen molar-refractivity contribution in [1.82, 2.24) is 24.4 Å². The Hall–Kier alpha value is -4.40. The summed E-state index contributed by atoms with van der Waals surface area (Å²) in [6.45, 7) is 2.80. The van der Waals surface area contributed by atoms with Gasteiger partial charge in [0.1, 0.15) is 23.8 Å². The van der Waals surface area contributed by atoms with Crippen LogP contribution in [0.1, 0.15) is 57.6 Å². The lowest BCUT2D eigenvalue weighted by Crippen LogP contribution is -2.33. The molecule has 41 heavy (non-hydrogen) atoms. The van der Waals surface area contributed by atoms with Gasteiger partial charge in [-0.15, -0.1) is 0 Å². The molecule has 1 N–H and O–H groups in total. The molecular weight excluding hydrogens is 527 g/mol. The van der Waals surface area contributed by atoms with Gasteiger partial charge in [0.25, 0.3) is 0 Å². The number of benzene rings is 1. The van der Waals surface area contributed by atoms with Crippen molar-refractivity contribution in [2.45, 2.75) is 38.3 Å². The Bertz CT molecular complexity index is 1610. The Morgan fingerprint density at radius 1 is 1.17 bits per heavy atom. The van der Waals surface area contributed by atoms with Crippen molar-refractivity contribution in [2.24, 2.45) is 7.05 Å². The molecule has 0 spiro atoms. The molecule has 0 bridgehead atoms. The van der Waals surface area contributed by atoms with Crippen LogP contribution in [-0.4, -0.2) is 62.3 Å². The number of carbonyl (C=O) groups is 1. The number of imidazole rings is 1. The third-order valence-electron chi connectivity index (χ3n) is 7.47. The van der Waals surface area contributed by atoms with E-state index in [4.69, 9.17) is 19.7 Å². The molecule has 10 nitrogen and oxygen atoms in total. The minimum atomic E-state index is -1.07. The van der Waals surface area contributed by atoms with E-state index in [-0.39, 0.29) is 23.8 Å². The van der Waals surface area contributed by atoms with E-state index in [0.29, 0.717) is 42.2 Å². The first kappa shape index (κ1) is 28.1. The molecule has 4 aromatic rings. The molecule has 0 aliphatic carbocycles. The van der Waals surface area contributed by atoms with Gasteiger partial charge < -0.3 is 19.1 Å². The number of hydrogen-bond acceptors (Lipinski definition) is 8. The monoisotopic (exact) mass is 558 g/mol. The number of likely N-dealkylation sites (tertiary alicyclic amines) is 1. The summed E-state index contributed by atoms with van der Waals surface area (Å²) in [6, 6.07) is 13.5. The van der Waals surface area contributed by atoms with E-state index in [9.17, 15) is 14.3 Å². The molecule has 1 fully saturated rings. The maximum atomic E-state index is 14.2. The van der Waals surface area contributed by atoms with Crippen molar-refractivity contribution in [3.8, 4) is 11.9 Å². The second-order valence-corrected chi connectivity index (χ2v) is 10.1. The van der Waals surface area contributed by atoms with Crippen molar-refractivity contribution in [1.29, 1.82) is 5.26 Å². The number of pyridine rings is 2. The second kappa shape index (κ2) is 12.4. The standard InChI is InChI=1S/C30H31FN6O4/c1-36-26-15-25(30(38)39)33-24(10-13-40-2)29(26)35-27(36)17-37-11-8-20(9-12-37)23-4-3-5-28(34-23)41-18-21-7-6-19(16-32)14-22(21)31/h3-7,14-15,20H,8-13,17-18H2,1-2H3,(H,38,39). The Balaban J connectivity index is 1.22. The SMILES string of the molecule is COCCc1nc(C(=O)O)cc2c1nc(CN1CCC(c3cccc(OCc4ccc(C#N)cc4F)n3)CC1)n2C. The van der Waals surface area contributed by atoms with Crippen LogP contribution in [-0.2, 0) is 31.4 Å². The van der Waals surface area contributed by atoms with Gasteiger partial charge >= 0.3 is 5.97 Å². The van der Waals surface area contributed by atoms with Gasteiger partial charge in [-0.2, -0.15) is 5.26 Å². The molecule has 0 atom stereocenters. The average Bonchev–Trinajstić information content (AvgIpc) is 3.30. The van der Waals surface area contributed by atoms with Gasteiger partial charge in [0.05, 0.1) is 36.0 Å². The molecule has 1 aliphatic rings. The van der Waals surface area contributed by atoms with Gasteiger partial charge in [-0.1, -0.05) is 12.1 Å². The number of aryl methyl sites for hydroxylation is 1. The largest absolute Gasteiger partial charge is 0.477 e. The summed E-state index contributed by atoms with van der Waals surface area (Å²) in [5.74, 6) is 0.0137. The molecule has 5 rings (SSSR count). The van der Waals surface area contributed by atoms with Gasteiger partial charge in [-0.25, -0.2) is 24.1 Å². The topological polar surface area (TPSA) is 126 Å². The zero-order valence-corrected chi connectivity index (χ0v) is 23.0.